The molecule has 8 nitrogen and oxygen atoms in total. The van der Waals surface area contributed by atoms with E-state index in [0.29, 0.717) is 5.69 Å². The highest BCUT2D eigenvalue weighted by Crippen LogP contribution is 2.36. The molecule has 0 unspecified atom stereocenters. The van der Waals surface area contributed by atoms with Crippen LogP contribution >= 0.6 is 11.6 Å². The Balaban J connectivity index is 1.75. The van der Waals surface area contributed by atoms with Gasteiger partial charge in [-0.05, 0) is 18.2 Å². The molecule has 0 aliphatic rings. The van der Waals surface area contributed by atoms with Crippen molar-refractivity contribution in [2.24, 2.45) is 0 Å². The van der Waals surface area contributed by atoms with Crippen LogP contribution in [-0.4, -0.2) is 35.6 Å². The average molecular weight is 423 g/mol. The van der Waals surface area contributed by atoms with Gasteiger partial charge in [0, 0.05) is 18.1 Å². The van der Waals surface area contributed by atoms with Crippen molar-refractivity contribution in [2.45, 2.75) is 6.18 Å². The molecule has 12 heteroatoms. The first kappa shape index (κ1) is 18.7. The fraction of sp³-hybridized carbons (Fsp3) is 0.0588. The number of carbonyl (C=O) groups is 1. The molecule has 0 radical (unpaired) electrons. The molecule has 0 amide bonds. The Morgan fingerprint density at radius 2 is 2.03 bits per heavy atom. The highest BCUT2D eigenvalue weighted by atomic mass is 35.5. The highest BCUT2D eigenvalue weighted by molar-refractivity contribution is 6.33. The molecule has 3 N–H and O–H groups in total. The summed E-state index contributed by atoms with van der Waals surface area (Å²) in [5.74, 6) is -0.921. The summed E-state index contributed by atoms with van der Waals surface area (Å²) in [6.45, 7) is 0. The number of rotatable bonds is 4. The minimum atomic E-state index is -4.60. The summed E-state index contributed by atoms with van der Waals surface area (Å²) in [5.41, 5.74) is -0.339. The molecule has 0 aliphatic heterocycles. The Hall–Kier alpha value is -3.60. The Bertz CT molecular complexity index is 1230. The number of anilines is 2. The minimum Gasteiger partial charge on any atom is -0.478 e. The van der Waals surface area contributed by atoms with E-state index in [-0.39, 0.29) is 33.3 Å². The zero-order chi connectivity index (χ0) is 20.8. The molecule has 3 heterocycles. The van der Waals surface area contributed by atoms with Crippen LogP contribution in [0.15, 0.2) is 43.0 Å². The van der Waals surface area contributed by atoms with E-state index in [2.05, 4.69) is 20.4 Å². The van der Waals surface area contributed by atoms with Crippen LogP contribution in [-0.2, 0) is 6.18 Å². The predicted octanol–water partition coefficient (Wildman–Crippen LogP) is 4.23. The number of aromatic nitrogens is 5. The van der Waals surface area contributed by atoms with E-state index in [0.717, 1.165) is 6.20 Å². The summed E-state index contributed by atoms with van der Waals surface area (Å²) in [6.07, 6.45) is 0.608. The van der Waals surface area contributed by atoms with Crippen molar-refractivity contribution in [1.29, 1.82) is 0 Å². The molecule has 29 heavy (non-hydrogen) atoms. The van der Waals surface area contributed by atoms with Crippen molar-refractivity contribution >= 4 is 34.7 Å². The van der Waals surface area contributed by atoms with Gasteiger partial charge in [0.2, 0.25) is 0 Å². The number of carboxylic acids is 1. The van der Waals surface area contributed by atoms with Gasteiger partial charge in [0.05, 0.1) is 34.2 Å². The molecular formula is C17H10ClF3N6O2. The summed E-state index contributed by atoms with van der Waals surface area (Å²) >= 11 is 5.96. The van der Waals surface area contributed by atoms with Crippen molar-refractivity contribution in [1.82, 2.24) is 24.6 Å². The van der Waals surface area contributed by atoms with E-state index >= 15 is 0 Å². The molecule has 148 valence electrons. The number of halogens is 4. The second-order valence-corrected chi connectivity index (χ2v) is 6.30. The van der Waals surface area contributed by atoms with Crippen molar-refractivity contribution < 1.29 is 23.1 Å². The smallest absolute Gasteiger partial charge is 0.433 e. The number of imidazole rings is 1. The molecule has 0 aliphatic carbocycles. The molecule has 0 spiro atoms. The SMILES string of the molecule is O=C(O)c1ccc(Nc2nccn3c(-c4cn[nH]c4C(F)(F)F)cnc23)cc1Cl. The van der Waals surface area contributed by atoms with Gasteiger partial charge in [0.25, 0.3) is 0 Å². The number of hydrogen-bond acceptors (Lipinski definition) is 5. The summed E-state index contributed by atoms with van der Waals surface area (Å²) in [6, 6.07) is 4.21. The lowest BCUT2D eigenvalue weighted by Gasteiger charge is -2.09. The van der Waals surface area contributed by atoms with Gasteiger partial charge in [-0.1, -0.05) is 11.6 Å². The topological polar surface area (TPSA) is 108 Å². The van der Waals surface area contributed by atoms with Crippen LogP contribution in [0.2, 0.25) is 5.02 Å². The van der Waals surface area contributed by atoms with Crippen molar-refractivity contribution in [3.8, 4) is 11.3 Å². The quantitative estimate of drug-likeness (QED) is 0.454. The first-order chi connectivity index (χ1) is 13.8. The first-order valence-electron chi connectivity index (χ1n) is 7.98. The minimum absolute atomic E-state index is 0.0201. The van der Waals surface area contributed by atoms with E-state index in [1.807, 2.05) is 5.10 Å². The fourth-order valence-electron chi connectivity index (χ4n) is 2.81. The van der Waals surface area contributed by atoms with E-state index in [1.54, 1.807) is 0 Å². The molecule has 4 aromatic rings. The van der Waals surface area contributed by atoms with Gasteiger partial charge >= 0.3 is 12.1 Å². The van der Waals surface area contributed by atoms with Crippen molar-refractivity contribution in [3.63, 3.8) is 0 Å². The van der Waals surface area contributed by atoms with Crippen LogP contribution in [0.25, 0.3) is 16.9 Å². The van der Waals surface area contributed by atoms with Gasteiger partial charge in [0.15, 0.2) is 11.5 Å². The van der Waals surface area contributed by atoms with Gasteiger partial charge in [0.1, 0.15) is 5.69 Å². The summed E-state index contributed by atoms with van der Waals surface area (Å²) in [5, 5.41) is 17.5. The standard InChI is InChI=1S/C17H10ClF3N6O2/c18-11-5-8(1-2-9(11)16(28)29)25-14-15-23-7-12(27(15)4-3-22-14)10-6-24-26-13(10)17(19,20)21/h1-7H,(H,22,25)(H,24,26)(H,28,29). The molecule has 3 aromatic heterocycles. The normalized spacial score (nSPS) is 11.7. The van der Waals surface area contributed by atoms with Gasteiger partial charge in [-0.15, -0.1) is 0 Å². The number of benzene rings is 1. The molecule has 0 saturated heterocycles. The third-order valence-corrected chi connectivity index (χ3v) is 4.40. The number of nitrogens with one attached hydrogen (secondary N) is 2. The number of nitrogens with zero attached hydrogens (tertiary/aromatic N) is 4. The number of H-pyrrole nitrogens is 1. The number of aromatic amines is 1. The molecule has 4 rings (SSSR count). The second-order valence-electron chi connectivity index (χ2n) is 5.89. The zero-order valence-corrected chi connectivity index (χ0v) is 15.0. The van der Waals surface area contributed by atoms with E-state index in [9.17, 15) is 18.0 Å². The predicted molar refractivity (Wildman–Crippen MR) is 97.3 cm³/mol. The van der Waals surface area contributed by atoms with Crippen molar-refractivity contribution in [3.05, 3.63) is 59.3 Å². The van der Waals surface area contributed by atoms with E-state index in [4.69, 9.17) is 16.7 Å². The summed E-state index contributed by atoms with van der Waals surface area (Å²) < 4.78 is 41.0. The van der Waals surface area contributed by atoms with Crippen molar-refractivity contribution in [2.75, 3.05) is 5.32 Å². The van der Waals surface area contributed by atoms with Gasteiger partial charge < -0.3 is 10.4 Å². The zero-order valence-electron chi connectivity index (χ0n) is 14.2. The maximum Gasteiger partial charge on any atom is 0.433 e. The largest absolute Gasteiger partial charge is 0.478 e. The monoisotopic (exact) mass is 422 g/mol. The molecule has 0 fully saturated rings. The van der Waals surface area contributed by atoms with Gasteiger partial charge in [-0.3, -0.25) is 9.50 Å². The van der Waals surface area contributed by atoms with Crippen LogP contribution in [0.4, 0.5) is 24.7 Å². The average Bonchev–Trinajstić information content (AvgIpc) is 3.28. The Kier molecular flexibility index (Phi) is 4.38. The van der Waals surface area contributed by atoms with E-state index in [1.165, 1.54) is 41.2 Å². The third kappa shape index (κ3) is 3.36. The Morgan fingerprint density at radius 3 is 2.72 bits per heavy atom. The van der Waals surface area contributed by atoms with Crippen LogP contribution in [0, 0.1) is 0 Å². The second kappa shape index (κ2) is 6.78. The number of hydrogen-bond donors (Lipinski definition) is 3. The fourth-order valence-corrected chi connectivity index (χ4v) is 3.07. The number of aromatic carboxylic acids is 1. The van der Waals surface area contributed by atoms with Gasteiger partial charge in [-0.2, -0.15) is 18.3 Å². The molecular weight excluding hydrogens is 413 g/mol. The van der Waals surface area contributed by atoms with Crippen LogP contribution in [0.5, 0.6) is 0 Å². The summed E-state index contributed by atoms with van der Waals surface area (Å²) in [7, 11) is 0. The maximum atomic E-state index is 13.2. The van der Waals surface area contributed by atoms with Crippen LogP contribution in [0.3, 0.4) is 0 Å². The first-order valence-corrected chi connectivity index (χ1v) is 8.36. The molecule has 1 aromatic carbocycles. The molecule has 0 atom stereocenters. The summed E-state index contributed by atoms with van der Waals surface area (Å²) in [4.78, 5) is 19.4. The molecule has 0 saturated carbocycles. The molecule has 0 bridgehead atoms. The maximum absolute atomic E-state index is 13.2. The van der Waals surface area contributed by atoms with Crippen LogP contribution in [0.1, 0.15) is 16.1 Å². The van der Waals surface area contributed by atoms with Crippen LogP contribution < -0.4 is 5.32 Å². The highest BCUT2D eigenvalue weighted by Gasteiger charge is 2.36. The third-order valence-electron chi connectivity index (χ3n) is 4.09. The lowest BCUT2D eigenvalue weighted by molar-refractivity contribution is -0.140. The van der Waals surface area contributed by atoms with Gasteiger partial charge in [-0.25, -0.2) is 14.8 Å². The number of carboxylic acid groups (broad SMARTS) is 1. The number of alkyl halides is 3. The van der Waals surface area contributed by atoms with E-state index < -0.39 is 17.8 Å². The lowest BCUT2D eigenvalue weighted by atomic mass is 10.2. The lowest BCUT2D eigenvalue weighted by Crippen LogP contribution is -2.08. The Morgan fingerprint density at radius 1 is 1.24 bits per heavy atom. The number of fused-ring (bicyclic) bond motifs is 1. The Labute approximate surface area is 165 Å².